The molecule has 18 heavy (non-hydrogen) atoms. The van der Waals surface area contributed by atoms with Crippen LogP contribution in [0.5, 0.6) is 5.75 Å². The Kier molecular flexibility index (Phi) is 3.04. The average molecular weight is 280 g/mol. The van der Waals surface area contributed by atoms with Crippen molar-refractivity contribution in [2.75, 3.05) is 0 Å². The van der Waals surface area contributed by atoms with Gasteiger partial charge in [0.15, 0.2) is 0 Å². The second kappa shape index (κ2) is 4.15. The Hall–Kier alpha value is -1.24. The summed E-state index contributed by atoms with van der Waals surface area (Å²) < 4.78 is 62.4. The topological polar surface area (TPSA) is 43.4 Å². The standard InChI is InChI=1S/C11H11F3O3S/c1-7-4-9(8-2-3-8)6-10(5-7)17-18(15,16)11(12,13)14/h4-6,8H,2-3H2,1H3. The van der Waals surface area contributed by atoms with E-state index >= 15 is 0 Å². The van der Waals surface area contributed by atoms with E-state index in [2.05, 4.69) is 4.18 Å². The highest BCUT2D eigenvalue weighted by Gasteiger charge is 2.48. The first kappa shape index (κ1) is 13.2. The molecule has 3 nitrogen and oxygen atoms in total. The van der Waals surface area contributed by atoms with Crippen LogP contribution in [0.25, 0.3) is 0 Å². The minimum Gasteiger partial charge on any atom is -0.376 e. The molecule has 0 amide bonds. The van der Waals surface area contributed by atoms with Crippen molar-refractivity contribution in [3.63, 3.8) is 0 Å². The highest BCUT2D eigenvalue weighted by Crippen LogP contribution is 2.42. The molecular weight excluding hydrogens is 269 g/mol. The Morgan fingerprint density at radius 1 is 1.22 bits per heavy atom. The fourth-order valence-electron chi connectivity index (χ4n) is 1.65. The molecule has 1 aromatic carbocycles. The monoisotopic (exact) mass is 280 g/mol. The van der Waals surface area contributed by atoms with Gasteiger partial charge in [0.2, 0.25) is 0 Å². The predicted molar refractivity (Wildman–Crippen MR) is 58.8 cm³/mol. The third-order valence-corrected chi connectivity index (χ3v) is 3.59. The predicted octanol–water partition coefficient (Wildman–Crippen LogP) is 3.10. The number of rotatable bonds is 3. The van der Waals surface area contributed by atoms with Crippen LogP contribution in [0, 0.1) is 6.92 Å². The van der Waals surface area contributed by atoms with E-state index in [9.17, 15) is 21.6 Å². The first-order valence-corrected chi connectivity index (χ1v) is 6.72. The van der Waals surface area contributed by atoms with Crippen LogP contribution < -0.4 is 4.18 Å². The lowest BCUT2D eigenvalue weighted by atomic mass is 10.1. The Labute approximate surface area is 103 Å². The highest BCUT2D eigenvalue weighted by molar-refractivity contribution is 7.87. The number of halogens is 3. The molecule has 0 spiro atoms. The molecule has 1 saturated carbocycles. The maximum absolute atomic E-state index is 12.2. The van der Waals surface area contributed by atoms with Crippen LogP contribution in [0.1, 0.15) is 29.9 Å². The summed E-state index contributed by atoms with van der Waals surface area (Å²) in [5.74, 6) is 0.0232. The zero-order valence-corrected chi connectivity index (χ0v) is 10.3. The van der Waals surface area contributed by atoms with Gasteiger partial charge < -0.3 is 4.18 Å². The largest absolute Gasteiger partial charge is 0.534 e. The van der Waals surface area contributed by atoms with Gasteiger partial charge in [0, 0.05) is 0 Å². The summed E-state index contributed by atoms with van der Waals surface area (Å²) in [5.41, 5.74) is -3.91. The van der Waals surface area contributed by atoms with Crippen LogP contribution in [0.2, 0.25) is 0 Å². The van der Waals surface area contributed by atoms with Gasteiger partial charge in [-0.1, -0.05) is 6.07 Å². The number of alkyl halides is 3. The van der Waals surface area contributed by atoms with E-state index in [4.69, 9.17) is 0 Å². The zero-order valence-electron chi connectivity index (χ0n) is 9.49. The number of benzene rings is 1. The fraction of sp³-hybridized carbons (Fsp3) is 0.455. The van der Waals surface area contributed by atoms with Gasteiger partial charge in [0.1, 0.15) is 5.75 Å². The molecule has 0 unspecified atom stereocenters. The summed E-state index contributed by atoms with van der Waals surface area (Å²) in [5, 5.41) is 0. The lowest BCUT2D eigenvalue weighted by molar-refractivity contribution is -0.0500. The molecule has 0 aliphatic heterocycles. The van der Waals surface area contributed by atoms with Gasteiger partial charge in [-0.2, -0.15) is 21.6 Å². The molecule has 1 aliphatic carbocycles. The van der Waals surface area contributed by atoms with Crippen LogP contribution in [0.4, 0.5) is 13.2 Å². The molecule has 1 aliphatic rings. The van der Waals surface area contributed by atoms with Gasteiger partial charge in [-0.05, 0) is 48.9 Å². The Morgan fingerprint density at radius 2 is 1.83 bits per heavy atom. The van der Waals surface area contributed by atoms with Crippen molar-refractivity contribution in [2.45, 2.75) is 31.2 Å². The van der Waals surface area contributed by atoms with E-state index in [1.807, 2.05) is 6.07 Å². The number of hydrogen-bond acceptors (Lipinski definition) is 3. The first-order chi connectivity index (χ1) is 8.19. The summed E-state index contributed by atoms with van der Waals surface area (Å²) in [6, 6.07) is 4.45. The van der Waals surface area contributed by atoms with Crippen LogP contribution in [-0.2, 0) is 10.1 Å². The van der Waals surface area contributed by atoms with E-state index in [1.165, 1.54) is 12.1 Å². The van der Waals surface area contributed by atoms with Crippen LogP contribution in [0.3, 0.4) is 0 Å². The zero-order chi connectivity index (χ0) is 13.6. The van der Waals surface area contributed by atoms with Gasteiger partial charge in [0.05, 0.1) is 0 Å². The molecule has 2 rings (SSSR count). The summed E-state index contributed by atoms with van der Waals surface area (Å²) in [6.07, 6.45) is 1.93. The van der Waals surface area contributed by atoms with Crippen molar-refractivity contribution in [1.82, 2.24) is 0 Å². The molecule has 0 aromatic heterocycles. The molecular formula is C11H11F3O3S. The van der Waals surface area contributed by atoms with E-state index in [1.54, 1.807) is 6.92 Å². The molecule has 0 heterocycles. The maximum atomic E-state index is 12.2. The van der Waals surface area contributed by atoms with E-state index in [-0.39, 0.29) is 5.75 Å². The van der Waals surface area contributed by atoms with Crippen molar-refractivity contribution >= 4 is 10.1 Å². The first-order valence-electron chi connectivity index (χ1n) is 5.31. The van der Waals surface area contributed by atoms with E-state index in [0.717, 1.165) is 18.4 Å². The molecule has 0 atom stereocenters. The average Bonchev–Trinajstić information content (AvgIpc) is 2.96. The number of aryl methyl sites for hydroxylation is 1. The second-order valence-corrected chi connectivity index (χ2v) is 5.87. The molecule has 1 aromatic rings. The molecule has 0 N–H and O–H groups in total. The fourth-order valence-corrected chi connectivity index (χ4v) is 2.10. The van der Waals surface area contributed by atoms with Crippen molar-refractivity contribution in [3.8, 4) is 5.75 Å². The molecule has 7 heteroatoms. The van der Waals surface area contributed by atoms with E-state index < -0.39 is 15.6 Å². The molecule has 0 saturated heterocycles. The summed E-state index contributed by atoms with van der Waals surface area (Å²) in [6.45, 7) is 1.68. The summed E-state index contributed by atoms with van der Waals surface area (Å²) in [7, 11) is -5.59. The molecule has 100 valence electrons. The van der Waals surface area contributed by atoms with Crippen molar-refractivity contribution in [1.29, 1.82) is 0 Å². The van der Waals surface area contributed by atoms with Gasteiger partial charge in [0.25, 0.3) is 0 Å². The van der Waals surface area contributed by atoms with Gasteiger partial charge in [-0.25, -0.2) is 0 Å². The third kappa shape index (κ3) is 2.77. The van der Waals surface area contributed by atoms with Gasteiger partial charge >= 0.3 is 15.6 Å². The van der Waals surface area contributed by atoms with Crippen LogP contribution in [0.15, 0.2) is 18.2 Å². The van der Waals surface area contributed by atoms with Crippen molar-refractivity contribution < 1.29 is 25.8 Å². The minimum absolute atomic E-state index is 0.283. The Bertz CT molecular complexity index is 559. The lowest BCUT2D eigenvalue weighted by Crippen LogP contribution is -2.28. The van der Waals surface area contributed by atoms with Crippen molar-refractivity contribution in [3.05, 3.63) is 29.3 Å². The molecule has 0 radical (unpaired) electrons. The SMILES string of the molecule is Cc1cc(OS(=O)(=O)C(F)(F)F)cc(C2CC2)c1. The summed E-state index contributed by atoms with van der Waals surface area (Å²) in [4.78, 5) is 0. The Morgan fingerprint density at radius 3 is 2.33 bits per heavy atom. The third-order valence-electron chi connectivity index (χ3n) is 2.61. The maximum Gasteiger partial charge on any atom is 0.534 e. The van der Waals surface area contributed by atoms with E-state index in [0.29, 0.717) is 11.5 Å². The lowest BCUT2D eigenvalue weighted by Gasteiger charge is -2.11. The minimum atomic E-state index is -5.59. The normalized spacial score (nSPS) is 16.7. The van der Waals surface area contributed by atoms with Gasteiger partial charge in [-0.3, -0.25) is 0 Å². The highest BCUT2D eigenvalue weighted by atomic mass is 32.2. The molecule has 1 fully saturated rings. The quantitative estimate of drug-likeness (QED) is 0.631. The van der Waals surface area contributed by atoms with Gasteiger partial charge in [-0.15, -0.1) is 0 Å². The number of hydrogen-bond donors (Lipinski definition) is 0. The van der Waals surface area contributed by atoms with Crippen LogP contribution >= 0.6 is 0 Å². The van der Waals surface area contributed by atoms with Crippen LogP contribution in [-0.4, -0.2) is 13.9 Å². The smallest absolute Gasteiger partial charge is 0.376 e. The second-order valence-electron chi connectivity index (χ2n) is 4.34. The molecule has 0 bridgehead atoms. The Balaban J connectivity index is 2.29. The van der Waals surface area contributed by atoms with Crippen molar-refractivity contribution in [2.24, 2.45) is 0 Å². The summed E-state index contributed by atoms with van der Waals surface area (Å²) >= 11 is 0.